The first-order valence-corrected chi connectivity index (χ1v) is 11.8. The number of benzene rings is 3. The van der Waals surface area contributed by atoms with Crippen LogP contribution in [0.2, 0.25) is 10.0 Å². The summed E-state index contributed by atoms with van der Waals surface area (Å²) in [6.07, 6.45) is -1.04. The van der Waals surface area contributed by atoms with E-state index in [1.807, 2.05) is 30.3 Å². The van der Waals surface area contributed by atoms with E-state index < -0.39 is 35.8 Å². The fourth-order valence-corrected chi connectivity index (χ4v) is 5.01. The topological polar surface area (TPSA) is 76.2 Å². The number of halogens is 2. The molecule has 2 aliphatic rings. The molecule has 2 fully saturated rings. The Balaban J connectivity index is 1.53. The van der Waals surface area contributed by atoms with E-state index >= 15 is 0 Å². The van der Waals surface area contributed by atoms with Crippen LogP contribution in [0.15, 0.2) is 72.8 Å². The summed E-state index contributed by atoms with van der Waals surface area (Å²) in [5, 5.41) is 2.39. The molecular formula is C26H20Cl2N2O5. The molecule has 35 heavy (non-hydrogen) atoms. The summed E-state index contributed by atoms with van der Waals surface area (Å²) in [6.45, 7) is 1.96. The summed E-state index contributed by atoms with van der Waals surface area (Å²) in [5.74, 6) is -2.23. The predicted octanol–water partition coefficient (Wildman–Crippen LogP) is 5.22. The monoisotopic (exact) mass is 510 g/mol. The molecule has 9 heteroatoms. The van der Waals surface area contributed by atoms with Crippen molar-refractivity contribution in [1.29, 1.82) is 0 Å². The number of hydroxylamine groups is 1. The molecule has 0 N–H and O–H groups in total. The van der Waals surface area contributed by atoms with Crippen molar-refractivity contribution < 1.29 is 24.0 Å². The van der Waals surface area contributed by atoms with Crippen molar-refractivity contribution >= 4 is 52.4 Å². The van der Waals surface area contributed by atoms with E-state index in [-0.39, 0.29) is 6.61 Å². The number of anilines is 2. The van der Waals surface area contributed by atoms with Crippen LogP contribution >= 0.6 is 23.2 Å². The summed E-state index contributed by atoms with van der Waals surface area (Å²) >= 11 is 12.6. The minimum Gasteiger partial charge on any atom is -0.462 e. The number of carbonyl (C=O) groups is 3. The van der Waals surface area contributed by atoms with E-state index in [1.165, 1.54) is 12.1 Å². The SMILES string of the molecule is CCOC(=O)c1ccc(N2C(=O)C3ON(c4ccccc4)C(c4ccc(Cl)cc4Cl)C3C2=O)cc1. The summed E-state index contributed by atoms with van der Waals surface area (Å²) in [4.78, 5) is 46.3. The molecule has 2 saturated heterocycles. The number of hydrogen-bond donors (Lipinski definition) is 0. The van der Waals surface area contributed by atoms with E-state index in [9.17, 15) is 14.4 Å². The minimum absolute atomic E-state index is 0.247. The van der Waals surface area contributed by atoms with Gasteiger partial charge in [-0.2, -0.15) is 0 Å². The molecule has 3 aromatic rings. The van der Waals surface area contributed by atoms with Crippen molar-refractivity contribution in [3.05, 3.63) is 94.0 Å². The van der Waals surface area contributed by atoms with E-state index in [0.29, 0.717) is 32.5 Å². The van der Waals surface area contributed by atoms with E-state index in [0.717, 1.165) is 4.90 Å². The lowest BCUT2D eigenvalue weighted by molar-refractivity contribution is -0.126. The molecule has 7 nitrogen and oxygen atoms in total. The van der Waals surface area contributed by atoms with Gasteiger partial charge in [-0.15, -0.1) is 0 Å². The molecule has 0 aromatic heterocycles. The lowest BCUT2D eigenvalue weighted by atomic mass is 9.90. The van der Waals surface area contributed by atoms with Crippen LogP contribution in [0, 0.1) is 5.92 Å². The van der Waals surface area contributed by atoms with Crippen molar-refractivity contribution in [2.75, 3.05) is 16.6 Å². The van der Waals surface area contributed by atoms with Crippen molar-refractivity contribution in [2.45, 2.75) is 19.1 Å². The van der Waals surface area contributed by atoms with Crippen LogP contribution < -0.4 is 9.96 Å². The molecule has 3 unspecified atom stereocenters. The molecule has 0 radical (unpaired) electrons. The lowest BCUT2D eigenvalue weighted by Gasteiger charge is -2.29. The van der Waals surface area contributed by atoms with E-state index in [4.69, 9.17) is 32.8 Å². The van der Waals surface area contributed by atoms with Gasteiger partial charge in [0.2, 0.25) is 5.91 Å². The predicted molar refractivity (Wildman–Crippen MR) is 131 cm³/mol. The fraction of sp³-hybridized carbons (Fsp3) is 0.192. The highest BCUT2D eigenvalue weighted by Crippen LogP contribution is 2.49. The molecule has 2 heterocycles. The highest BCUT2D eigenvalue weighted by molar-refractivity contribution is 6.35. The number of hydrogen-bond acceptors (Lipinski definition) is 6. The van der Waals surface area contributed by atoms with Gasteiger partial charge in [-0.1, -0.05) is 47.5 Å². The molecule has 0 bridgehead atoms. The number of amides is 2. The second-order valence-electron chi connectivity index (χ2n) is 8.10. The van der Waals surface area contributed by atoms with Gasteiger partial charge in [-0.05, 0) is 61.0 Å². The smallest absolute Gasteiger partial charge is 0.338 e. The third kappa shape index (κ3) is 4.05. The molecule has 5 rings (SSSR count). The van der Waals surface area contributed by atoms with Gasteiger partial charge < -0.3 is 4.74 Å². The van der Waals surface area contributed by atoms with Gasteiger partial charge in [0, 0.05) is 10.0 Å². The Morgan fingerprint density at radius 1 is 0.943 bits per heavy atom. The Hall–Kier alpha value is -3.39. The van der Waals surface area contributed by atoms with Crippen LogP contribution in [0.5, 0.6) is 0 Å². The molecular weight excluding hydrogens is 491 g/mol. The number of esters is 1. The Labute approximate surface area is 211 Å². The zero-order valence-corrected chi connectivity index (χ0v) is 20.1. The van der Waals surface area contributed by atoms with Crippen molar-refractivity contribution in [3.8, 4) is 0 Å². The third-order valence-corrected chi connectivity index (χ3v) is 6.61. The third-order valence-electron chi connectivity index (χ3n) is 6.04. The van der Waals surface area contributed by atoms with Crippen LogP contribution in [0.1, 0.15) is 28.9 Å². The average Bonchev–Trinajstić information content (AvgIpc) is 3.36. The number of carbonyl (C=O) groups excluding carboxylic acids is 3. The second-order valence-corrected chi connectivity index (χ2v) is 8.95. The summed E-state index contributed by atoms with van der Waals surface area (Å²) < 4.78 is 5.00. The van der Waals surface area contributed by atoms with Crippen LogP contribution in [-0.4, -0.2) is 30.5 Å². The van der Waals surface area contributed by atoms with E-state index in [2.05, 4.69) is 0 Å². The van der Waals surface area contributed by atoms with Gasteiger partial charge >= 0.3 is 5.97 Å². The number of ether oxygens (including phenoxy) is 1. The molecule has 178 valence electrons. The van der Waals surface area contributed by atoms with Gasteiger partial charge in [0.15, 0.2) is 6.10 Å². The average molecular weight is 511 g/mol. The number of rotatable bonds is 5. The highest BCUT2D eigenvalue weighted by atomic mass is 35.5. The van der Waals surface area contributed by atoms with Gasteiger partial charge in [0.25, 0.3) is 5.91 Å². The maximum absolute atomic E-state index is 13.7. The van der Waals surface area contributed by atoms with Crippen LogP contribution in [0.4, 0.5) is 11.4 Å². The summed E-state index contributed by atoms with van der Waals surface area (Å²) in [5.41, 5.74) is 1.97. The summed E-state index contributed by atoms with van der Waals surface area (Å²) in [6, 6.07) is 19.7. The van der Waals surface area contributed by atoms with Crippen molar-refractivity contribution in [3.63, 3.8) is 0 Å². The van der Waals surface area contributed by atoms with Crippen LogP contribution in [0.25, 0.3) is 0 Å². The first-order valence-electron chi connectivity index (χ1n) is 11.0. The normalized spacial score (nSPS) is 21.4. The highest BCUT2D eigenvalue weighted by Gasteiger charge is 2.60. The molecule has 0 saturated carbocycles. The zero-order valence-electron chi connectivity index (χ0n) is 18.6. The first kappa shape index (κ1) is 23.4. The molecule has 2 aliphatic heterocycles. The first-order chi connectivity index (χ1) is 16.9. The second kappa shape index (κ2) is 9.34. The Kier molecular flexibility index (Phi) is 6.23. The summed E-state index contributed by atoms with van der Waals surface area (Å²) in [7, 11) is 0. The standard InChI is InChI=1S/C26H20Cl2N2O5/c1-2-34-26(33)15-8-11-17(12-9-15)29-24(31)21-22(19-13-10-16(27)14-20(19)28)30(35-23(21)25(29)32)18-6-4-3-5-7-18/h3-14,21-23H,2H2,1H3. The molecule has 0 spiro atoms. The number of para-hydroxylation sites is 1. The molecule has 0 aliphatic carbocycles. The number of nitrogens with zero attached hydrogens (tertiary/aromatic N) is 2. The zero-order chi connectivity index (χ0) is 24.7. The number of imide groups is 1. The van der Waals surface area contributed by atoms with Gasteiger partial charge in [0.1, 0.15) is 5.92 Å². The maximum Gasteiger partial charge on any atom is 0.338 e. The Morgan fingerprint density at radius 3 is 2.31 bits per heavy atom. The molecule has 3 aromatic carbocycles. The Morgan fingerprint density at radius 2 is 1.66 bits per heavy atom. The lowest BCUT2D eigenvalue weighted by Crippen LogP contribution is -2.37. The largest absolute Gasteiger partial charge is 0.462 e. The van der Waals surface area contributed by atoms with Gasteiger partial charge in [-0.3, -0.25) is 14.4 Å². The molecule has 3 atom stereocenters. The van der Waals surface area contributed by atoms with Crippen LogP contribution in [-0.2, 0) is 19.2 Å². The quantitative estimate of drug-likeness (QED) is 0.346. The minimum atomic E-state index is -1.04. The Bertz CT molecular complexity index is 1300. The fourth-order valence-electron chi connectivity index (χ4n) is 4.49. The van der Waals surface area contributed by atoms with Gasteiger partial charge in [0.05, 0.1) is 29.6 Å². The van der Waals surface area contributed by atoms with E-state index in [1.54, 1.807) is 42.3 Å². The van der Waals surface area contributed by atoms with Crippen LogP contribution in [0.3, 0.4) is 0 Å². The van der Waals surface area contributed by atoms with Gasteiger partial charge in [-0.25, -0.2) is 14.8 Å². The molecule has 2 amide bonds. The van der Waals surface area contributed by atoms with Crippen molar-refractivity contribution in [1.82, 2.24) is 0 Å². The van der Waals surface area contributed by atoms with Crippen molar-refractivity contribution in [2.24, 2.45) is 5.92 Å². The maximum atomic E-state index is 13.7. The number of fused-ring (bicyclic) bond motifs is 1.